The van der Waals surface area contributed by atoms with Crippen LogP contribution < -0.4 is 0 Å². The Labute approximate surface area is 239 Å². The van der Waals surface area contributed by atoms with Crippen molar-refractivity contribution >= 4 is 42.9 Å². The summed E-state index contributed by atoms with van der Waals surface area (Å²) >= 11 is 1.85. The van der Waals surface area contributed by atoms with Crippen molar-refractivity contribution < 1.29 is 0 Å². The first-order valence-electron chi connectivity index (χ1n) is 13.9. The Bertz CT molecular complexity index is 1890. The quantitative estimate of drug-likeness (QED) is 0.220. The third kappa shape index (κ3) is 4.09. The molecule has 3 heterocycles. The van der Waals surface area contributed by atoms with E-state index in [1.165, 1.54) is 53.6 Å². The number of rotatable bonds is 3. The van der Waals surface area contributed by atoms with E-state index in [0.717, 1.165) is 30.0 Å². The van der Waals surface area contributed by atoms with E-state index >= 15 is 0 Å². The molecule has 0 radical (unpaired) electrons. The van der Waals surface area contributed by atoms with Crippen LogP contribution in [0.1, 0.15) is 41.0 Å². The molecule has 1 aromatic heterocycles. The molecule has 0 saturated heterocycles. The average Bonchev–Trinajstić information content (AvgIpc) is 3.37. The first-order chi connectivity index (χ1) is 19.6. The second kappa shape index (κ2) is 10.0. The lowest BCUT2D eigenvalue weighted by Gasteiger charge is -2.32. The highest BCUT2D eigenvalue weighted by atomic mass is 32.1. The van der Waals surface area contributed by atoms with Crippen molar-refractivity contribution in [3.8, 4) is 11.1 Å². The highest BCUT2D eigenvalue weighted by molar-refractivity contribution is 7.26. The number of thiophene rings is 1. The van der Waals surface area contributed by atoms with Crippen LogP contribution >= 0.6 is 11.3 Å². The van der Waals surface area contributed by atoms with Crippen molar-refractivity contribution in [3.63, 3.8) is 0 Å². The molecule has 194 valence electrons. The lowest BCUT2D eigenvalue weighted by Crippen LogP contribution is -2.27. The minimum Gasteiger partial charge on any atom is -0.280 e. The zero-order chi connectivity index (χ0) is 27.2. The molecule has 0 amide bonds. The van der Waals surface area contributed by atoms with Gasteiger partial charge in [0, 0.05) is 49.3 Å². The van der Waals surface area contributed by atoms with E-state index in [-0.39, 0.29) is 6.04 Å². The van der Waals surface area contributed by atoms with Crippen LogP contribution in [0.15, 0.2) is 132 Å². The Morgan fingerprint density at radius 3 is 2.42 bits per heavy atom. The van der Waals surface area contributed by atoms with Gasteiger partial charge in [0.05, 0.1) is 17.5 Å². The fraction of sp³-hybridized carbons (Fsp3) is 0.135. The first-order valence-corrected chi connectivity index (χ1v) is 14.7. The molecular formula is C37H30N2S. The van der Waals surface area contributed by atoms with E-state index in [0.29, 0.717) is 12.3 Å². The summed E-state index contributed by atoms with van der Waals surface area (Å²) in [6.07, 6.45) is 6.45. The van der Waals surface area contributed by atoms with Gasteiger partial charge >= 0.3 is 0 Å². The second-order valence-corrected chi connectivity index (χ2v) is 11.7. The van der Waals surface area contributed by atoms with Gasteiger partial charge in [0.1, 0.15) is 0 Å². The average molecular weight is 535 g/mol. The number of fused-ring (bicyclic) bond motifs is 8. The van der Waals surface area contributed by atoms with Crippen LogP contribution in [0.5, 0.6) is 0 Å². The smallest absolute Gasteiger partial charge is 0.0716 e. The van der Waals surface area contributed by atoms with Crippen LogP contribution in [0.4, 0.5) is 0 Å². The molecule has 0 spiro atoms. The normalized spacial score (nSPS) is 20.1. The van der Waals surface area contributed by atoms with Gasteiger partial charge in [-0.25, -0.2) is 0 Å². The number of nitrogens with zero attached hydrogens (tertiary/aromatic N) is 2. The predicted octanol–water partition coefficient (Wildman–Crippen LogP) is 9.69. The van der Waals surface area contributed by atoms with Gasteiger partial charge in [-0.2, -0.15) is 0 Å². The minimum atomic E-state index is 0.0937. The summed E-state index contributed by atoms with van der Waals surface area (Å²) in [5.41, 5.74) is 10.3. The molecule has 0 bridgehead atoms. The highest BCUT2D eigenvalue weighted by Crippen LogP contribution is 2.42. The van der Waals surface area contributed by atoms with E-state index in [4.69, 9.17) is 9.98 Å². The molecule has 2 atom stereocenters. The number of hydrogen-bond donors (Lipinski definition) is 0. The largest absolute Gasteiger partial charge is 0.280 e. The summed E-state index contributed by atoms with van der Waals surface area (Å²) in [7, 11) is 0. The van der Waals surface area contributed by atoms with Crippen molar-refractivity contribution in [3.05, 3.63) is 145 Å². The van der Waals surface area contributed by atoms with Crippen LogP contribution in [0.25, 0.3) is 31.3 Å². The van der Waals surface area contributed by atoms with Gasteiger partial charge in [0.2, 0.25) is 0 Å². The van der Waals surface area contributed by atoms with Gasteiger partial charge in [0.15, 0.2) is 0 Å². The molecule has 2 nitrogen and oxygen atoms in total. The van der Waals surface area contributed by atoms with E-state index in [9.17, 15) is 0 Å². The second-order valence-electron chi connectivity index (χ2n) is 10.6. The van der Waals surface area contributed by atoms with Crippen LogP contribution in [0, 0.1) is 0 Å². The van der Waals surface area contributed by atoms with Gasteiger partial charge in [-0.15, -0.1) is 11.3 Å². The number of hydrogen-bond acceptors (Lipinski definition) is 3. The minimum absolute atomic E-state index is 0.0937. The lowest BCUT2D eigenvalue weighted by atomic mass is 9.78. The summed E-state index contributed by atoms with van der Waals surface area (Å²) in [6.45, 7) is 12.6. The maximum absolute atomic E-state index is 5.15. The Morgan fingerprint density at radius 1 is 0.800 bits per heavy atom. The third-order valence-electron chi connectivity index (χ3n) is 8.33. The van der Waals surface area contributed by atoms with Crippen molar-refractivity contribution in [2.24, 2.45) is 9.98 Å². The molecule has 0 N–H and O–H groups in total. The van der Waals surface area contributed by atoms with E-state index in [2.05, 4.69) is 105 Å². The molecule has 0 aliphatic carbocycles. The number of benzene rings is 4. The topological polar surface area (TPSA) is 24.7 Å². The van der Waals surface area contributed by atoms with Crippen molar-refractivity contribution in [1.82, 2.24) is 0 Å². The van der Waals surface area contributed by atoms with Crippen LogP contribution in [-0.4, -0.2) is 17.5 Å². The van der Waals surface area contributed by atoms with E-state index < -0.39 is 0 Å². The highest BCUT2D eigenvalue weighted by Gasteiger charge is 2.31. The van der Waals surface area contributed by atoms with Crippen molar-refractivity contribution in [2.45, 2.75) is 31.2 Å². The van der Waals surface area contributed by atoms with Crippen LogP contribution in [0.2, 0.25) is 0 Å². The van der Waals surface area contributed by atoms with E-state index in [1.807, 2.05) is 23.5 Å². The molecule has 4 aromatic carbocycles. The fourth-order valence-corrected chi connectivity index (χ4v) is 7.71. The number of aryl methyl sites for hydroxylation is 1. The maximum Gasteiger partial charge on any atom is 0.0716 e. The predicted molar refractivity (Wildman–Crippen MR) is 173 cm³/mol. The van der Waals surface area contributed by atoms with Gasteiger partial charge in [-0.3, -0.25) is 9.98 Å². The van der Waals surface area contributed by atoms with Gasteiger partial charge in [0.25, 0.3) is 0 Å². The SMILES string of the molecule is C=CC1=NC2CC(=C)/N=C(/C=C)c3c(ccc4c3sc3ccc(-c5ccccc5)cc34)CCC2c2ccccc21. The van der Waals surface area contributed by atoms with Crippen LogP contribution in [-0.2, 0) is 6.42 Å². The molecule has 5 aromatic rings. The Balaban J connectivity index is 1.39. The zero-order valence-electron chi connectivity index (χ0n) is 22.4. The summed E-state index contributed by atoms with van der Waals surface area (Å²) in [5.74, 6) is 0.302. The third-order valence-corrected chi connectivity index (χ3v) is 9.53. The molecular weight excluding hydrogens is 504 g/mol. The van der Waals surface area contributed by atoms with E-state index in [1.54, 1.807) is 0 Å². The standard InChI is InChI=1S/C37H30N2S/c1-4-32-28-14-10-9-13-27(28)29-18-15-25-16-19-30-31-22-26(24-11-7-6-8-12-24)17-20-35(31)40-37(30)36(25)33(5-2)38-23(3)21-34(29)39-32/h4-14,16-17,19-20,22,29,34H,1-3,15,18,21H2/b38-33-. The number of allylic oxidation sites excluding steroid dienone is 2. The molecule has 0 fully saturated rings. The Morgan fingerprint density at radius 2 is 1.60 bits per heavy atom. The van der Waals surface area contributed by atoms with Crippen molar-refractivity contribution in [2.75, 3.05) is 0 Å². The van der Waals surface area contributed by atoms with Gasteiger partial charge < -0.3 is 0 Å². The number of aliphatic imine (C=N–C) groups is 2. The molecule has 0 saturated carbocycles. The van der Waals surface area contributed by atoms with Gasteiger partial charge in [-0.05, 0) is 59.4 Å². The maximum atomic E-state index is 5.15. The summed E-state index contributed by atoms with van der Waals surface area (Å²) in [6, 6.07) is 30.8. The lowest BCUT2D eigenvalue weighted by molar-refractivity contribution is 0.490. The first kappa shape index (κ1) is 24.7. The summed E-state index contributed by atoms with van der Waals surface area (Å²) in [4.78, 5) is 10.2. The van der Waals surface area contributed by atoms with Gasteiger partial charge in [-0.1, -0.05) is 92.5 Å². The molecule has 2 aliphatic rings. The van der Waals surface area contributed by atoms with Crippen LogP contribution in [0.3, 0.4) is 0 Å². The zero-order valence-corrected chi connectivity index (χ0v) is 23.3. The summed E-state index contributed by atoms with van der Waals surface area (Å²) < 4.78 is 2.56. The molecule has 7 rings (SSSR count). The summed E-state index contributed by atoms with van der Waals surface area (Å²) in [5, 5.41) is 2.56. The Kier molecular flexibility index (Phi) is 6.17. The van der Waals surface area contributed by atoms with Crippen molar-refractivity contribution in [1.29, 1.82) is 0 Å². The Hall–Kier alpha value is -4.34. The molecule has 2 aliphatic heterocycles. The molecule has 2 unspecified atom stereocenters. The monoisotopic (exact) mass is 534 g/mol. The fourth-order valence-electron chi connectivity index (χ4n) is 6.45. The molecule has 3 heteroatoms. The molecule has 40 heavy (non-hydrogen) atoms.